The lowest BCUT2D eigenvalue weighted by atomic mass is 10.2. The lowest BCUT2D eigenvalue weighted by Crippen LogP contribution is -2.05. The SMILES string of the molecule is CCNc1nc(C#N)cc2cnc(S(C)=O)nc12. The molecule has 0 aliphatic heterocycles. The molecule has 0 aromatic carbocycles. The van der Waals surface area contributed by atoms with E-state index in [0.717, 1.165) is 0 Å². The summed E-state index contributed by atoms with van der Waals surface area (Å²) in [6, 6.07) is 3.60. The lowest BCUT2D eigenvalue weighted by Gasteiger charge is -2.07. The molecule has 1 N–H and O–H groups in total. The monoisotopic (exact) mass is 261 g/mol. The van der Waals surface area contributed by atoms with Gasteiger partial charge in [0.2, 0.25) is 5.16 Å². The number of anilines is 1. The van der Waals surface area contributed by atoms with Crippen molar-refractivity contribution in [3.05, 3.63) is 18.0 Å². The second kappa shape index (κ2) is 5.06. The first-order chi connectivity index (χ1) is 8.65. The Hall–Kier alpha value is -2.07. The molecule has 1 atom stereocenters. The Bertz CT molecular complexity index is 664. The number of aromatic nitrogens is 3. The molecule has 2 aromatic heterocycles. The predicted octanol–water partition coefficient (Wildman–Crippen LogP) is 1.07. The normalized spacial score (nSPS) is 12.1. The van der Waals surface area contributed by atoms with Gasteiger partial charge in [0.05, 0.1) is 10.8 Å². The number of nitrogens with zero attached hydrogens (tertiary/aromatic N) is 4. The topological polar surface area (TPSA) is 91.6 Å². The first-order valence-corrected chi connectivity index (χ1v) is 6.86. The Morgan fingerprint density at radius 2 is 2.28 bits per heavy atom. The average Bonchev–Trinajstić information content (AvgIpc) is 2.38. The first-order valence-electron chi connectivity index (χ1n) is 5.31. The standard InChI is InChI=1S/C11H11N5OS/c1-3-13-10-9-7(4-8(5-12)15-10)6-14-11(16-9)18(2)17/h4,6H,3H2,1-2H3,(H,13,15). The molecule has 0 aliphatic carbocycles. The van der Waals surface area contributed by atoms with Crippen LogP contribution in [0.2, 0.25) is 0 Å². The molecule has 7 heteroatoms. The van der Waals surface area contributed by atoms with Crippen molar-refractivity contribution in [2.24, 2.45) is 0 Å². The largest absolute Gasteiger partial charge is 0.368 e. The molecule has 0 aliphatic rings. The first kappa shape index (κ1) is 12.4. The van der Waals surface area contributed by atoms with Crippen molar-refractivity contribution in [1.82, 2.24) is 15.0 Å². The van der Waals surface area contributed by atoms with Gasteiger partial charge in [0.1, 0.15) is 17.3 Å². The summed E-state index contributed by atoms with van der Waals surface area (Å²) in [5.74, 6) is 0.514. The van der Waals surface area contributed by atoms with E-state index >= 15 is 0 Å². The van der Waals surface area contributed by atoms with Crippen LogP contribution in [0.1, 0.15) is 12.6 Å². The zero-order chi connectivity index (χ0) is 13.1. The second-order valence-electron chi connectivity index (χ2n) is 3.54. The number of pyridine rings is 1. The van der Waals surface area contributed by atoms with Crippen LogP contribution < -0.4 is 5.32 Å². The molecule has 18 heavy (non-hydrogen) atoms. The second-order valence-corrected chi connectivity index (χ2v) is 4.82. The van der Waals surface area contributed by atoms with Crippen molar-refractivity contribution < 1.29 is 4.21 Å². The van der Waals surface area contributed by atoms with Crippen LogP contribution in [-0.2, 0) is 10.8 Å². The van der Waals surface area contributed by atoms with Crippen molar-refractivity contribution in [2.45, 2.75) is 12.1 Å². The smallest absolute Gasteiger partial charge is 0.218 e. The summed E-state index contributed by atoms with van der Waals surface area (Å²) in [6.07, 6.45) is 3.08. The molecular formula is C11H11N5OS. The molecule has 0 amide bonds. The van der Waals surface area contributed by atoms with Gasteiger partial charge in [0.25, 0.3) is 0 Å². The zero-order valence-corrected chi connectivity index (χ0v) is 10.8. The summed E-state index contributed by atoms with van der Waals surface area (Å²) in [4.78, 5) is 12.4. The molecule has 0 spiro atoms. The Morgan fingerprint density at radius 1 is 1.50 bits per heavy atom. The molecule has 2 aromatic rings. The van der Waals surface area contributed by atoms with E-state index in [1.54, 1.807) is 12.3 Å². The number of hydrogen-bond donors (Lipinski definition) is 1. The van der Waals surface area contributed by atoms with Crippen LogP contribution in [0.4, 0.5) is 5.82 Å². The highest BCUT2D eigenvalue weighted by Gasteiger charge is 2.10. The Kier molecular flexibility index (Phi) is 3.48. The van der Waals surface area contributed by atoms with Gasteiger partial charge in [0, 0.05) is 24.4 Å². The van der Waals surface area contributed by atoms with Gasteiger partial charge in [-0.2, -0.15) is 5.26 Å². The van der Waals surface area contributed by atoms with E-state index in [-0.39, 0.29) is 5.16 Å². The van der Waals surface area contributed by atoms with E-state index < -0.39 is 10.8 Å². The molecule has 0 bridgehead atoms. The summed E-state index contributed by atoms with van der Waals surface area (Å²) in [5.41, 5.74) is 0.878. The van der Waals surface area contributed by atoms with Gasteiger partial charge in [0.15, 0.2) is 5.82 Å². The van der Waals surface area contributed by atoms with Crippen molar-refractivity contribution >= 4 is 27.5 Å². The summed E-state index contributed by atoms with van der Waals surface area (Å²) < 4.78 is 11.4. The molecule has 2 rings (SSSR count). The van der Waals surface area contributed by atoms with Gasteiger partial charge in [-0.15, -0.1) is 0 Å². The van der Waals surface area contributed by atoms with Crippen LogP contribution in [0.3, 0.4) is 0 Å². The van der Waals surface area contributed by atoms with Crippen LogP contribution in [0.15, 0.2) is 17.4 Å². The maximum Gasteiger partial charge on any atom is 0.218 e. The van der Waals surface area contributed by atoms with Crippen LogP contribution in [0, 0.1) is 11.3 Å². The van der Waals surface area contributed by atoms with Gasteiger partial charge < -0.3 is 5.32 Å². The van der Waals surface area contributed by atoms with Crippen molar-refractivity contribution in [3.63, 3.8) is 0 Å². The van der Waals surface area contributed by atoms with Crippen LogP contribution >= 0.6 is 0 Å². The molecule has 0 fully saturated rings. The molecular weight excluding hydrogens is 250 g/mol. The van der Waals surface area contributed by atoms with Crippen molar-refractivity contribution in [1.29, 1.82) is 5.26 Å². The van der Waals surface area contributed by atoms with Gasteiger partial charge in [-0.25, -0.2) is 15.0 Å². The maximum absolute atomic E-state index is 11.4. The summed E-state index contributed by atoms with van der Waals surface area (Å²) >= 11 is 0. The molecule has 1 unspecified atom stereocenters. The molecule has 0 saturated carbocycles. The van der Waals surface area contributed by atoms with Gasteiger partial charge >= 0.3 is 0 Å². The van der Waals surface area contributed by atoms with Crippen LogP contribution in [0.5, 0.6) is 0 Å². The predicted molar refractivity (Wildman–Crippen MR) is 68.5 cm³/mol. The fourth-order valence-electron chi connectivity index (χ4n) is 1.51. The fourth-order valence-corrected chi connectivity index (χ4v) is 1.93. The number of hydrogen-bond acceptors (Lipinski definition) is 6. The minimum atomic E-state index is -1.25. The van der Waals surface area contributed by atoms with E-state index in [2.05, 4.69) is 20.3 Å². The minimum absolute atomic E-state index is 0.258. The summed E-state index contributed by atoms with van der Waals surface area (Å²) in [7, 11) is -1.25. The third-order valence-corrected chi connectivity index (χ3v) is 2.97. The Morgan fingerprint density at radius 3 is 2.89 bits per heavy atom. The van der Waals surface area contributed by atoms with Crippen molar-refractivity contribution in [2.75, 3.05) is 18.1 Å². The van der Waals surface area contributed by atoms with Gasteiger partial charge in [-0.1, -0.05) is 0 Å². The molecule has 0 radical (unpaired) electrons. The maximum atomic E-state index is 11.4. The number of fused-ring (bicyclic) bond motifs is 1. The number of rotatable bonds is 3. The van der Waals surface area contributed by atoms with Crippen molar-refractivity contribution in [3.8, 4) is 6.07 Å². The molecule has 0 saturated heterocycles. The van der Waals surface area contributed by atoms with Gasteiger partial charge in [-0.3, -0.25) is 4.21 Å². The van der Waals surface area contributed by atoms with E-state index in [9.17, 15) is 4.21 Å². The van der Waals surface area contributed by atoms with E-state index in [1.165, 1.54) is 6.26 Å². The Balaban J connectivity index is 2.72. The van der Waals surface area contributed by atoms with Gasteiger partial charge in [-0.05, 0) is 13.0 Å². The summed E-state index contributed by atoms with van der Waals surface area (Å²) in [6.45, 7) is 2.58. The lowest BCUT2D eigenvalue weighted by molar-refractivity contribution is 0.680. The summed E-state index contributed by atoms with van der Waals surface area (Å²) in [5, 5.41) is 12.9. The highest BCUT2D eigenvalue weighted by molar-refractivity contribution is 7.84. The molecule has 6 nitrogen and oxygen atoms in total. The fraction of sp³-hybridized carbons (Fsp3) is 0.273. The van der Waals surface area contributed by atoms with E-state index in [0.29, 0.717) is 29.0 Å². The quantitative estimate of drug-likeness (QED) is 0.831. The highest BCUT2D eigenvalue weighted by Crippen LogP contribution is 2.20. The Labute approximate surface area is 107 Å². The van der Waals surface area contributed by atoms with Crippen LogP contribution in [-0.4, -0.2) is 32.0 Å². The van der Waals surface area contributed by atoms with E-state index in [1.807, 2.05) is 13.0 Å². The third kappa shape index (κ3) is 2.28. The van der Waals surface area contributed by atoms with Crippen LogP contribution in [0.25, 0.3) is 10.9 Å². The average molecular weight is 261 g/mol. The minimum Gasteiger partial charge on any atom is -0.368 e. The third-order valence-electron chi connectivity index (χ3n) is 2.26. The molecule has 92 valence electrons. The zero-order valence-electron chi connectivity index (χ0n) is 9.97. The molecule has 2 heterocycles. The number of nitrogens with one attached hydrogen (secondary N) is 1. The van der Waals surface area contributed by atoms with E-state index in [4.69, 9.17) is 5.26 Å². The number of nitriles is 1. The highest BCUT2D eigenvalue weighted by atomic mass is 32.2.